The zero-order valence-electron chi connectivity index (χ0n) is 15.3. The zero-order chi connectivity index (χ0) is 17.8. The van der Waals surface area contributed by atoms with Gasteiger partial charge in [-0.1, -0.05) is 19.0 Å². The molecule has 0 aromatic carbocycles. The SMILES string of the molecule is CNCC(C)(C)c1cc(NC(=O)C(C)(C)SC2CCOCC2)on1. The van der Waals surface area contributed by atoms with E-state index in [9.17, 15) is 4.79 Å². The van der Waals surface area contributed by atoms with Crippen molar-refractivity contribution in [3.8, 4) is 0 Å². The molecule has 0 saturated carbocycles. The number of anilines is 1. The Labute approximate surface area is 148 Å². The fourth-order valence-electron chi connectivity index (χ4n) is 2.71. The van der Waals surface area contributed by atoms with Gasteiger partial charge in [-0.05, 0) is 33.7 Å². The quantitative estimate of drug-likeness (QED) is 0.783. The van der Waals surface area contributed by atoms with Gasteiger partial charge in [0.2, 0.25) is 11.8 Å². The van der Waals surface area contributed by atoms with Gasteiger partial charge in [0, 0.05) is 36.5 Å². The lowest BCUT2D eigenvalue weighted by atomic mass is 9.89. The summed E-state index contributed by atoms with van der Waals surface area (Å²) in [5.41, 5.74) is 0.662. The topological polar surface area (TPSA) is 76.4 Å². The van der Waals surface area contributed by atoms with E-state index >= 15 is 0 Å². The molecule has 1 fully saturated rings. The van der Waals surface area contributed by atoms with E-state index in [1.54, 1.807) is 11.8 Å². The number of hydrogen-bond acceptors (Lipinski definition) is 6. The summed E-state index contributed by atoms with van der Waals surface area (Å²) in [5, 5.41) is 10.6. The summed E-state index contributed by atoms with van der Waals surface area (Å²) in [5.74, 6) is 0.341. The Morgan fingerprint density at radius 3 is 2.62 bits per heavy atom. The summed E-state index contributed by atoms with van der Waals surface area (Å²) in [6.45, 7) is 10.4. The van der Waals surface area contributed by atoms with Crippen LogP contribution >= 0.6 is 11.8 Å². The molecule has 0 radical (unpaired) electrons. The fourth-order valence-corrected chi connectivity index (χ4v) is 4.13. The van der Waals surface area contributed by atoms with Crippen molar-refractivity contribution < 1.29 is 14.1 Å². The number of rotatable bonds is 7. The molecular formula is C17H29N3O3S. The van der Waals surface area contributed by atoms with Crippen LogP contribution in [0.25, 0.3) is 0 Å². The predicted octanol–water partition coefficient (Wildman–Crippen LogP) is 2.80. The number of nitrogens with one attached hydrogen (secondary N) is 2. The number of aromatic nitrogens is 1. The summed E-state index contributed by atoms with van der Waals surface area (Å²) in [4.78, 5) is 12.6. The van der Waals surface area contributed by atoms with E-state index in [2.05, 4.69) is 29.6 Å². The third-order valence-electron chi connectivity index (χ3n) is 4.24. The summed E-state index contributed by atoms with van der Waals surface area (Å²) >= 11 is 1.71. The van der Waals surface area contributed by atoms with Crippen LogP contribution in [0.3, 0.4) is 0 Å². The van der Waals surface area contributed by atoms with Crippen molar-refractivity contribution in [2.75, 3.05) is 32.1 Å². The second kappa shape index (κ2) is 7.89. The van der Waals surface area contributed by atoms with Gasteiger partial charge in [0.25, 0.3) is 0 Å². The highest BCUT2D eigenvalue weighted by Gasteiger charge is 2.33. The van der Waals surface area contributed by atoms with Crippen molar-refractivity contribution in [3.05, 3.63) is 11.8 Å². The molecule has 2 heterocycles. The van der Waals surface area contributed by atoms with Crippen LogP contribution in [0.4, 0.5) is 5.88 Å². The molecule has 1 aromatic heterocycles. The van der Waals surface area contributed by atoms with E-state index in [0.29, 0.717) is 11.1 Å². The number of hydrogen-bond donors (Lipinski definition) is 2. The second-order valence-corrected chi connectivity index (χ2v) is 9.31. The van der Waals surface area contributed by atoms with Crippen molar-refractivity contribution in [2.45, 2.75) is 55.9 Å². The summed E-state index contributed by atoms with van der Waals surface area (Å²) < 4.78 is 10.2. The van der Waals surface area contributed by atoms with Gasteiger partial charge in [0.05, 0.1) is 10.4 Å². The first-order chi connectivity index (χ1) is 11.2. The number of thioether (sulfide) groups is 1. The van der Waals surface area contributed by atoms with Gasteiger partial charge in [0.1, 0.15) is 0 Å². The van der Waals surface area contributed by atoms with E-state index in [4.69, 9.17) is 9.26 Å². The van der Waals surface area contributed by atoms with E-state index in [1.165, 1.54) is 0 Å². The van der Waals surface area contributed by atoms with Gasteiger partial charge in [-0.25, -0.2) is 0 Å². The van der Waals surface area contributed by atoms with E-state index in [-0.39, 0.29) is 11.3 Å². The molecule has 7 heteroatoms. The van der Waals surface area contributed by atoms with E-state index < -0.39 is 4.75 Å². The Kier molecular flexibility index (Phi) is 6.33. The predicted molar refractivity (Wildman–Crippen MR) is 97.6 cm³/mol. The molecule has 24 heavy (non-hydrogen) atoms. The minimum atomic E-state index is -0.532. The van der Waals surface area contributed by atoms with Crippen molar-refractivity contribution in [1.82, 2.24) is 10.5 Å². The molecule has 0 atom stereocenters. The second-order valence-electron chi connectivity index (χ2n) is 7.38. The molecule has 1 amide bonds. The molecule has 6 nitrogen and oxygen atoms in total. The normalized spacial score (nSPS) is 17.0. The van der Waals surface area contributed by atoms with Gasteiger partial charge in [0.15, 0.2) is 0 Å². The van der Waals surface area contributed by atoms with Crippen LogP contribution in [0.15, 0.2) is 10.6 Å². The van der Waals surface area contributed by atoms with Crippen LogP contribution in [-0.2, 0) is 14.9 Å². The molecule has 136 valence electrons. The van der Waals surface area contributed by atoms with Crippen LogP contribution in [0, 0.1) is 0 Å². The van der Waals surface area contributed by atoms with Crippen molar-refractivity contribution in [2.24, 2.45) is 0 Å². The van der Waals surface area contributed by atoms with Gasteiger partial charge in [-0.3, -0.25) is 10.1 Å². The largest absolute Gasteiger partial charge is 0.381 e. The highest BCUT2D eigenvalue weighted by molar-refractivity contribution is 8.02. The molecule has 2 N–H and O–H groups in total. The van der Waals surface area contributed by atoms with Gasteiger partial charge in [-0.2, -0.15) is 0 Å². The third kappa shape index (κ3) is 4.97. The molecule has 1 aliphatic rings. The Bertz CT molecular complexity index is 551. The minimum absolute atomic E-state index is 0.0619. The average molecular weight is 356 g/mol. The van der Waals surface area contributed by atoms with E-state index in [0.717, 1.165) is 38.3 Å². The molecule has 1 aromatic rings. The first-order valence-corrected chi connectivity index (χ1v) is 9.31. The molecule has 1 aliphatic heterocycles. The third-order valence-corrected chi connectivity index (χ3v) is 5.81. The number of carbonyl (C=O) groups is 1. The highest BCUT2D eigenvalue weighted by Crippen LogP contribution is 2.35. The van der Waals surface area contributed by atoms with Gasteiger partial charge in [-0.15, -0.1) is 11.8 Å². The smallest absolute Gasteiger partial charge is 0.242 e. The number of carbonyl (C=O) groups excluding carboxylic acids is 1. The van der Waals surface area contributed by atoms with Crippen LogP contribution in [0.5, 0.6) is 0 Å². The van der Waals surface area contributed by atoms with Crippen LogP contribution in [0.1, 0.15) is 46.2 Å². The summed E-state index contributed by atoms with van der Waals surface area (Å²) in [7, 11) is 1.90. The summed E-state index contributed by atoms with van der Waals surface area (Å²) in [6.07, 6.45) is 1.98. The summed E-state index contributed by atoms with van der Waals surface area (Å²) in [6, 6.07) is 1.81. The Morgan fingerprint density at radius 1 is 1.33 bits per heavy atom. The molecule has 0 bridgehead atoms. The Hall–Kier alpha value is -1.05. The standard InChI is InChI=1S/C17H29N3O3S/c1-16(2,11-18-5)13-10-14(23-20-13)19-15(21)17(3,4)24-12-6-8-22-9-7-12/h10,12,18H,6-9,11H2,1-5H3,(H,19,21). The first kappa shape index (κ1) is 19.3. The molecule has 1 saturated heterocycles. The van der Waals surface area contributed by atoms with Gasteiger partial charge >= 0.3 is 0 Å². The lowest BCUT2D eigenvalue weighted by molar-refractivity contribution is -0.117. The monoisotopic (exact) mass is 355 g/mol. The lowest BCUT2D eigenvalue weighted by Crippen LogP contribution is -2.37. The van der Waals surface area contributed by atoms with Crippen LogP contribution in [0.2, 0.25) is 0 Å². The molecular weight excluding hydrogens is 326 g/mol. The maximum atomic E-state index is 12.6. The van der Waals surface area contributed by atoms with Crippen molar-refractivity contribution in [3.63, 3.8) is 0 Å². The number of nitrogens with zero attached hydrogens (tertiary/aromatic N) is 1. The Balaban J connectivity index is 1.97. The van der Waals surface area contributed by atoms with Crippen LogP contribution < -0.4 is 10.6 Å². The van der Waals surface area contributed by atoms with Gasteiger partial charge < -0.3 is 14.6 Å². The molecule has 0 spiro atoms. The minimum Gasteiger partial charge on any atom is -0.381 e. The van der Waals surface area contributed by atoms with Crippen molar-refractivity contribution >= 4 is 23.6 Å². The first-order valence-electron chi connectivity index (χ1n) is 8.43. The molecule has 2 rings (SSSR count). The Morgan fingerprint density at radius 2 is 2.00 bits per heavy atom. The lowest BCUT2D eigenvalue weighted by Gasteiger charge is -2.30. The fraction of sp³-hybridized carbons (Fsp3) is 0.765. The molecule has 0 aliphatic carbocycles. The number of likely N-dealkylation sites (N-methyl/N-ethyl adjacent to an activating group) is 1. The van der Waals surface area contributed by atoms with Crippen LogP contribution in [-0.4, -0.2) is 47.9 Å². The maximum absolute atomic E-state index is 12.6. The number of amides is 1. The molecule has 0 unspecified atom stereocenters. The van der Waals surface area contributed by atoms with Crippen molar-refractivity contribution in [1.29, 1.82) is 0 Å². The highest BCUT2D eigenvalue weighted by atomic mass is 32.2. The number of ether oxygens (including phenoxy) is 1. The van der Waals surface area contributed by atoms with E-state index in [1.807, 2.05) is 27.0 Å². The average Bonchev–Trinajstić information content (AvgIpc) is 2.97. The maximum Gasteiger partial charge on any atom is 0.242 e. The zero-order valence-corrected chi connectivity index (χ0v) is 16.1.